The zero-order valence-corrected chi connectivity index (χ0v) is 82.4. The molecule has 0 bridgehead atoms. The Balaban J connectivity index is 0.000000161. The zero-order chi connectivity index (χ0) is 94.5. The maximum Gasteiger partial charge on any atom is 0.333 e. The van der Waals surface area contributed by atoms with E-state index in [0.717, 1.165) is 152 Å². The second kappa shape index (κ2) is 33.4. The molecule has 0 amide bonds. The van der Waals surface area contributed by atoms with Gasteiger partial charge < -0.3 is 39.4 Å². The van der Waals surface area contributed by atoms with E-state index in [9.17, 15) is 53.4 Å². The maximum atomic E-state index is 14.6. The van der Waals surface area contributed by atoms with Gasteiger partial charge in [0, 0.05) is 48.7 Å². The minimum atomic E-state index is -0.835. The van der Waals surface area contributed by atoms with Crippen LogP contribution in [0.1, 0.15) is 311 Å². The van der Waals surface area contributed by atoms with Crippen LogP contribution in [0.2, 0.25) is 0 Å². The normalized spacial score (nSPS) is 43.1. The molecule has 0 unspecified atom stereocenters. The number of allylic oxidation sites excluding steroid dienone is 9. The van der Waals surface area contributed by atoms with Crippen LogP contribution >= 0.6 is 0 Å². The molecule has 0 aliphatic heterocycles. The Labute approximate surface area is 765 Å². The van der Waals surface area contributed by atoms with Crippen molar-refractivity contribution in [3.63, 3.8) is 0 Å². The molecule has 15 aliphatic carbocycles. The minimum absolute atomic E-state index is 0.0515. The van der Waals surface area contributed by atoms with Crippen molar-refractivity contribution in [2.75, 3.05) is 28.4 Å². The second-order valence-electron chi connectivity index (χ2n) is 48.6. The van der Waals surface area contributed by atoms with Crippen molar-refractivity contribution in [3.8, 4) is 0 Å². The summed E-state index contributed by atoms with van der Waals surface area (Å²) in [6, 6.07) is 19.7. The lowest BCUT2D eigenvalue weighted by atomic mass is 9.33. The summed E-state index contributed by atoms with van der Waals surface area (Å²) in [4.78, 5) is 121. The maximum absolute atomic E-state index is 14.6. The SMILES string of the molecule is CC1(C)C(C(=O)O)=CC[C@]2(C)[C@H]3C(=O)C=C4[C@@H]5C[C@@](C)(C(=O)OCc6ccccc6)CC[C@]5(C)CC[C@@]4(C)[C@]3(C)CC[C@@H]12.CO.CO.COC(=O)C1=CC[C@]2(C)[C@H]3C(=O)C=C4[C@@H]5C[C@@](C)(C(=O)O)CC[C@]5(C)CC[C@@]4(C)[C@]3(C)CC[C@H]2C1(C)C.COC(=O)C1=CC[C@]2(C)[C@H]3C(=O)C=C4[C@@H]5C[C@@](C)(C(=O)OCc6ccccc6)CC[C@]5(C)CC[C@@]4(C)[C@]3(C)CC[C@H]2C1(C)C. The number of aliphatic carboxylic acids is 2. The fourth-order valence-electron chi connectivity index (χ4n) is 33.0. The van der Waals surface area contributed by atoms with Gasteiger partial charge in [0.25, 0.3) is 0 Å². The molecular formula is C111H156O17. The van der Waals surface area contributed by atoms with Gasteiger partial charge in [0.2, 0.25) is 0 Å². The van der Waals surface area contributed by atoms with E-state index < -0.39 is 33.6 Å². The molecule has 15 aliphatic rings. The van der Waals surface area contributed by atoms with E-state index in [0.29, 0.717) is 44.1 Å². The van der Waals surface area contributed by atoms with E-state index in [-0.39, 0.29) is 184 Å². The highest BCUT2D eigenvalue weighted by atomic mass is 16.5. The van der Waals surface area contributed by atoms with Crippen molar-refractivity contribution in [2.45, 2.75) is 313 Å². The van der Waals surface area contributed by atoms with Crippen LogP contribution in [-0.2, 0) is 75.3 Å². The molecule has 0 heterocycles. The molecule has 0 spiro atoms. The molecule has 2 aromatic carbocycles. The first-order valence-electron chi connectivity index (χ1n) is 48.4. The van der Waals surface area contributed by atoms with Crippen LogP contribution < -0.4 is 0 Å². The summed E-state index contributed by atoms with van der Waals surface area (Å²) in [5.74, 6) is -1.01. The minimum Gasteiger partial charge on any atom is -0.481 e. The number of carboxylic acids is 2. The standard InChI is InChI=1S/C39H52O5.C38H50O5.C32H46O5.2CH4O/c1-34(2)26(32(41)43-8)14-16-37(5)30(34)15-17-39(7)31(37)29(40)22-27-28-23-36(4,19-18-35(28,3)20-21-38(27,39)6)33(42)44-24-25-12-10-9-11-13-25;1-33(2)25(31(40)41)13-15-36(5)29(33)14-16-38(7)30(36)28(39)21-26-27-22-35(4,18-17-34(27,3)19-20-37(26,38)6)32(42)43-23-24-11-9-8-10-12-24;1-27(2)19(25(34)37-8)9-11-30(5)23(27)10-12-32(7)24(30)22(33)17-20-21-18-29(4,26(35)36)14-13-28(21,3)15-16-31(20,32)6;2*1-2/h9-14,22,28,30-31H,15-21,23-24H2,1-8H3;8-13,21,27,29-30H,14-20,22-23H2,1-7H3,(H,40,41);9,17,21,23-24H,10-16,18H2,1-8H3,(H,35,36);2*2H,1H3/t28-,30-,31+,35+,36-,37-,38+,39+;27-,29-,30+,34+,35-,36-,37+,38+;21-,23-,24+,28+,29-,30-,31+,32+;;/m000../s1. The lowest BCUT2D eigenvalue weighted by Crippen LogP contribution is -2.65. The number of carbonyl (C=O) groups excluding carboxylic acids is 7. The number of benzene rings is 2. The zero-order valence-electron chi connectivity index (χ0n) is 82.4. The highest BCUT2D eigenvalue weighted by molar-refractivity contribution is 5.99. The monoisotopic (exact) mass is 1760 g/mol. The van der Waals surface area contributed by atoms with Gasteiger partial charge in [-0.25, -0.2) is 14.4 Å². The molecule has 24 atom stereocenters. The number of rotatable bonds is 10. The third kappa shape index (κ3) is 14.7. The Morgan fingerprint density at radius 2 is 0.617 bits per heavy atom. The number of esters is 4. The highest BCUT2D eigenvalue weighted by Crippen LogP contribution is 2.80. The third-order valence-corrected chi connectivity index (χ3v) is 41.4. The van der Waals surface area contributed by atoms with Crippen LogP contribution in [0.5, 0.6) is 0 Å². The van der Waals surface area contributed by atoms with Crippen LogP contribution in [0.15, 0.2) is 131 Å². The lowest BCUT2D eigenvalue weighted by molar-refractivity contribution is -0.179. The van der Waals surface area contributed by atoms with E-state index in [2.05, 4.69) is 157 Å². The molecule has 9 saturated carbocycles. The molecule has 128 heavy (non-hydrogen) atoms. The van der Waals surface area contributed by atoms with E-state index in [1.54, 1.807) is 0 Å². The van der Waals surface area contributed by atoms with Gasteiger partial charge >= 0.3 is 35.8 Å². The number of carbonyl (C=O) groups is 9. The highest BCUT2D eigenvalue weighted by Gasteiger charge is 2.75. The first-order valence-corrected chi connectivity index (χ1v) is 48.4. The number of hydrogen-bond acceptors (Lipinski definition) is 15. The van der Waals surface area contributed by atoms with E-state index in [1.807, 2.05) is 85.8 Å². The van der Waals surface area contributed by atoms with Gasteiger partial charge in [-0.2, -0.15) is 0 Å². The van der Waals surface area contributed by atoms with Crippen LogP contribution in [-0.4, -0.2) is 102 Å². The summed E-state index contributed by atoms with van der Waals surface area (Å²) >= 11 is 0. The van der Waals surface area contributed by atoms with Crippen molar-refractivity contribution >= 4 is 53.2 Å². The van der Waals surface area contributed by atoms with Gasteiger partial charge in [-0.1, -0.05) is 220 Å². The fraction of sp³-hybridized carbons (Fsp3) is 0.703. The molecule has 17 nitrogen and oxygen atoms in total. The Morgan fingerprint density at radius 3 is 0.898 bits per heavy atom. The molecule has 702 valence electrons. The molecule has 17 heteroatoms. The number of ketones is 3. The average molecular weight is 1760 g/mol. The predicted molar refractivity (Wildman–Crippen MR) is 497 cm³/mol. The number of aliphatic hydroxyl groups excluding tert-OH is 2. The summed E-state index contributed by atoms with van der Waals surface area (Å²) in [6.07, 6.45) is 33.4. The van der Waals surface area contributed by atoms with Gasteiger partial charge in [-0.05, 0) is 321 Å². The van der Waals surface area contributed by atoms with Crippen molar-refractivity contribution in [3.05, 3.63) is 142 Å². The third-order valence-electron chi connectivity index (χ3n) is 41.4. The molecule has 4 N–H and O–H groups in total. The van der Waals surface area contributed by atoms with E-state index >= 15 is 0 Å². The van der Waals surface area contributed by atoms with Crippen LogP contribution in [0.3, 0.4) is 0 Å². The number of methoxy groups -OCH3 is 2. The lowest BCUT2D eigenvalue weighted by Gasteiger charge is -2.69. The summed E-state index contributed by atoms with van der Waals surface area (Å²) in [5.41, 5.74) is 2.95. The number of aliphatic hydroxyl groups is 2. The summed E-state index contributed by atoms with van der Waals surface area (Å²) in [7, 11) is 4.90. The van der Waals surface area contributed by atoms with Crippen LogP contribution in [0, 0.1) is 151 Å². The molecule has 0 saturated heterocycles. The van der Waals surface area contributed by atoms with Crippen molar-refractivity contribution in [1.82, 2.24) is 0 Å². The first kappa shape index (κ1) is 98.1. The topological polar surface area (TPSA) is 271 Å². The Bertz CT molecular complexity index is 4960. The van der Waals surface area contributed by atoms with Crippen LogP contribution in [0.4, 0.5) is 0 Å². The Morgan fingerprint density at radius 1 is 0.352 bits per heavy atom. The molecule has 2 aromatic rings. The molecular weight excluding hydrogens is 1610 g/mol. The van der Waals surface area contributed by atoms with Crippen molar-refractivity contribution in [2.24, 2.45) is 151 Å². The number of hydrogen-bond donors (Lipinski definition) is 4. The molecule has 0 aromatic heterocycles. The van der Waals surface area contributed by atoms with Gasteiger partial charge in [0.15, 0.2) is 17.3 Å². The van der Waals surface area contributed by atoms with Crippen LogP contribution in [0.25, 0.3) is 0 Å². The van der Waals surface area contributed by atoms with Gasteiger partial charge in [-0.15, -0.1) is 0 Å². The fourth-order valence-corrected chi connectivity index (χ4v) is 33.0. The molecule has 0 radical (unpaired) electrons. The molecule has 17 rings (SSSR count). The van der Waals surface area contributed by atoms with Gasteiger partial charge in [-0.3, -0.25) is 28.8 Å². The largest absolute Gasteiger partial charge is 0.481 e. The van der Waals surface area contributed by atoms with Gasteiger partial charge in [0.1, 0.15) is 13.2 Å². The van der Waals surface area contributed by atoms with E-state index in [4.69, 9.17) is 29.2 Å². The summed E-state index contributed by atoms with van der Waals surface area (Å²) in [6.45, 7) is 47.8. The van der Waals surface area contributed by atoms with Gasteiger partial charge in [0.05, 0.1) is 30.5 Å². The second-order valence-corrected chi connectivity index (χ2v) is 48.6. The Hall–Kier alpha value is -7.37. The van der Waals surface area contributed by atoms with E-state index in [1.165, 1.54) is 30.9 Å². The first-order chi connectivity index (χ1) is 59.6. The number of fused-ring (bicyclic) bond motifs is 21. The predicted octanol–water partition coefficient (Wildman–Crippen LogP) is 22.7. The summed E-state index contributed by atoms with van der Waals surface area (Å²) in [5, 5.41) is 34.1. The summed E-state index contributed by atoms with van der Waals surface area (Å²) < 4.78 is 22.2. The molecule has 9 fully saturated rings. The smallest absolute Gasteiger partial charge is 0.333 e. The van der Waals surface area contributed by atoms with Crippen molar-refractivity contribution in [1.29, 1.82) is 0 Å². The van der Waals surface area contributed by atoms with Crippen molar-refractivity contribution < 1.29 is 82.5 Å². The Kier molecular flexibility index (Phi) is 25.6. The number of ether oxygens (including phenoxy) is 4. The quantitative estimate of drug-likeness (QED) is 0.127. The number of carboxylic acid groups (broad SMARTS) is 2. The average Bonchev–Trinajstić information content (AvgIpc) is 0.679.